The lowest BCUT2D eigenvalue weighted by Gasteiger charge is -2.17. The van der Waals surface area contributed by atoms with Crippen molar-refractivity contribution in [3.8, 4) is 5.75 Å². The molecular formula is C15H24N2O3. The van der Waals surface area contributed by atoms with Crippen LogP contribution in [-0.4, -0.2) is 51.4 Å². The average Bonchev–Trinajstić information content (AvgIpc) is 2.43. The zero-order valence-corrected chi connectivity index (χ0v) is 12.5. The van der Waals surface area contributed by atoms with Crippen molar-refractivity contribution in [2.75, 3.05) is 40.5 Å². The molecule has 0 fully saturated rings. The van der Waals surface area contributed by atoms with Gasteiger partial charge in [-0.05, 0) is 31.0 Å². The number of urea groups is 1. The molecule has 0 unspecified atom stereocenters. The van der Waals surface area contributed by atoms with Crippen LogP contribution in [0.5, 0.6) is 5.75 Å². The number of nitrogens with one attached hydrogen (secondary N) is 1. The first-order chi connectivity index (χ1) is 9.63. The predicted octanol–water partition coefficient (Wildman–Crippen LogP) is 2.05. The SMILES string of the molecule is COCCCN(C)C(=O)NCCOc1cccc(C)c1. The first-order valence-electron chi connectivity index (χ1n) is 6.81. The molecule has 0 aliphatic rings. The van der Waals surface area contributed by atoms with Crippen molar-refractivity contribution in [2.24, 2.45) is 0 Å². The standard InChI is InChI=1S/C15H24N2O3/c1-13-6-4-7-14(12-13)20-11-8-16-15(18)17(2)9-5-10-19-3/h4,6-7,12H,5,8-11H2,1-3H3,(H,16,18). The molecule has 0 spiro atoms. The topological polar surface area (TPSA) is 50.8 Å². The third-order valence-electron chi connectivity index (χ3n) is 2.83. The monoisotopic (exact) mass is 280 g/mol. The van der Waals surface area contributed by atoms with Crippen LogP contribution in [0.3, 0.4) is 0 Å². The number of nitrogens with zero attached hydrogens (tertiary/aromatic N) is 1. The molecule has 0 bridgehead atoms. The van der Waals surface area contributed by atoms with Gasteiger partial charge in [-0.2, -0.15) is 0 Å². The summed E-state index contributed by atoms with van der Waals surface area (Å²) in [7, 11) is 3.43. The highest BCUT2D eigenvalue weighted by Crippen LogP contribution is 2.11. The number of carbonyl (C=O) groups excluding carboxylic acids is 1. The zero-order chi connectivity index (χ0) is 14.8. The minimum Gasteiger partial charge on any atom is -0.492 e. The van der Waals surface area contributed by atoms with Gasteiger partial charge in [0.05, 0.1) is 6.54 Å². The van der Waals surface area contributed by atoms with E-state index in [9.17, 15) is 4.79 Å². The van der Waals surface area contributed by atoms with Crippen molar-refractivity contribution >= 4 is 6.03 Å². The van der Waals surface area contributed by atoms with E-state index in [-0.39, 0.29) is 6.03 Å². The van der Waals surface area contributed by atoms with Gasteiger partial charge in [-0.3, -0.25) is 0 Å². The van der Waals surface area contributed by atoms with E-state index >= 15 is 0 Å². The van der Waals surface area contributed by atoms with Gasteiger partial charge >= 0.3 is 6.03 Å². The largest absolute Gasteiger partial charge is 0.492 e. The summed E-state index contributed by atoms with van der Waals surface area (Å²) in [5.41, 5.74) is 1.16. The molecule has 0 heterocycles. The summed E-state index contributed by atoms with van der Waals surface area (Å²) in [4.78, 5) is 13.4. The van der Waals surface area contributed by atoms with E-state index in [4.69, 9.17) is 9.47 Å². The first-order valence-corrected chi connectivity index (χ1v) is 6.81. The highest BCUT2D eigenvalue weighted by Gasteiger charge is 2.06. The lowest BCUT2D eigenvalue weighted by molar-refractivity contribution is 0.174. The third kappa shape index (κ3) is 6.43. The van der Waals surface area contributed by atoms with Gasteiger partial charge in [0.15, 0.2) is 0 Å². The van der Waals surface area contributed by atoms with Gasteiger partial charge < -0.3 is 19.7 Å². The van der Waals surface area contributed by atoms with Gasteiger partial charge in [0.1, 0.15) is 12.4 Å². The summed E-state index contributed by atoms with van der Waals surface area (Å²) >= 11 is 0. The molecule has 5 nitrogen and oxygen atoms in total. The van der Waals surface area contributed by atoms with E-state index < -0.39 is 0 Å². The maximum absolute atomic E-state index is 11.7. The Morgan fingerprint density at radius 2 is 2.15 bits per heavy atom. The fourth-order valence-electron chi connectivity index (χ4n) is 1.71. The average molecular weight is 280 g/mol. The number of hydrogen-bond acceptors (Lipinski definition) is 3. The maximum atomic E-state index is 11.7. The van der Waals surface area contributed by atoms with E-state index in [0.29, 0.717) is 26.3 Å². The Morgan fingerprint density at radius 1 is 1.35 bits per heavy atom. The summed E-state index contributed by atoms with van der Waals surface area (Å²) < 4.78 is 10.5. The lowest BCUT2D eigenvalue weighted by Crippen LogP contribution is -2.39. The zero-order valence-electron chi connectivity index (χ0n) is 12.5. The van der Waals surface area contributed by atoms with Gasteiger partial charge in [0.25, 0.3) is 0 Å². The molecule has 1 rings (SSSR count). The normalized spacial score (nSPS) is 10.2. The molecule has 1 N–H and O–H groups in total. The number of amides is 2. The molecular weight excluding hydrogens is 256 g/mol. The van der Waals surface area contributed by atoms with Crippen LogP contribution >= 0.6 is 0 Å². The summed E-state index contributed by atoms with van der Waals surface area (Å²) in [6.07, 6.45) is 0.834. The Balaban J connectivity index is 2.15. The molecule has 5 heteroatoms. The van der Waals surface area contributed by atoms with Gasteiger partial charge in [-0.1, -0.05) is 12.1 Å². The van der Waals surface area contributed by atoms with Crippen molar-refractivity contribution in [3.05, 3.63) is 29.8 Å². The number of ether oxygens (including phenoxy) is 2. The van der Waals surface area contributed by atoms with Crippen molar-refractivity contribution in [1.29, 1.82) is 0 Å². The van der Waals surface area contributed by atoms with Gasteiger partial charge in [-0.15, -0.1) is 0 Å². The summed E-state index contributed by atoms with van der Waals surface area (Å²) in [6, 6.07) is 7.76. The maximum Gasteiger partial charge on any atom is 0.317 e. The minimum atomic E-state index is -0.0889. The first kappa shape index (κ1) is 16.3. The molecule has 1 aromatic carbocycles. The van der Waals surface area contributed by atoms with Crippen LogP contribution < -0.4 is 10.1 Å². The quantitative estimate of drug-likeness (QED) is 0.742. The van der Waals surface area contributed by atoms with Crippen LogP contribution in [0.1, 0.15) is 12.0 Å². The van der Waals surface area contributed by atoms with Gasteiger partial charge in [0.2, 0.25) is 0 Å². The molecule has 0 atom stereocenters. The van der Waals surface area contributed by atoms with Crippen molar-refractivity contribution in [3.63, 3.8) is 0 Å². The molecule has 20 heavy (non-hydrogen) atoms. The third-order valence-corrected chi connectivity index (χ3v) is 2.83. The van der Waals surface area contributed by atoms with Crippen molar-refractivity contribution < 1.29 is 14.3 Å². The predicted molar refractivity (Wildman–Crippen MR) is 79.2 cm³/mol. The van der Waals surface area contributed by atoms with E-state index in [0.717, 1.165) is 17.7 Å². The molecule has 1 aromatic rings. The number of aryl methyl sites for hydroxylation is 1. The molecule has 0 aliphatic heterocycles. The second-order valence-electron chi connectivity index (χ2n) is 4.66. The van der Waals surface area contributed by atoms with E-state index in [1.54, 1.807) is 19.1 Å². The van der Waals surface area contributed by atoms with Crippen LogP contribution in [0.2, 0.25) is 0 Å². The molecule has 0 aliphatic carbocycles. The van der Waals surface area contributed by atoms with Crippen LogP contribution in [0, 0.1) is 6.92 Å². The van der Waals surface area contributed by atoms with Crippen LogP contribution in [0.25, 0.3) is 0 Å². The van der Waals surface area contributed by atoms with Crippen LogP contribution in [0.4, 0.5) is 4.79 Å². The highest BCUT2D eigenvalue weighted by atomic mass is 16.5. The number of carbonyl (C=O) groups is 1. The van der Waals surface area contributed by atoms with E-state index in [1.165, 1.54) is 0 Å². The Bertz CT molecular complexity index is 410. The van der Waals surface area contributed by atoms with E-state index in [2.05, 4.69) is 5.32 Å². The minimum absolute atomic E-state index is 0.0889. The Hall–Kier alpha value is -1.75. The lowest BCUT2D eigenvalue weighted by atomic mass is 10.2. The van der Waals surface area contributed by atoms with Gasteiger partial charge in [0, 0.05) is 27.3 Å². The fraction of sp³-hybridized carbons (Fsp3) is 0.533. The van der Waals surface area contributed by atoms with Crippen LogP contribution in [-0.2, 0) is 4.74 Å². The smallest absolute Gasteiger partial charge is 0.317 e. The van der Waals surface area contributed by atoms with Crippen molar-refractivity contribution in [2.45, 2.75) is 13.3 Å². The van der Waals surface area contributed by atoms with Crippen molar-refractivity contribution in [1.82, 2.24) is 10.2 Å². The second-order valence-corrected chi connectivity index (χ2v) is 4.66. The highest BCUT2D eigenvalue weighted by molar-refractivity contribution is 5.73. The fourth-order valence-corrected chi connectivity index (χ4v) is 1.71. The number of benzene rings is 1. The number of rotatable bonds is 8. The number of hydrogen-bond donors (Lipinski definition) is 1. The Kier molecular flexibility index (Phi) is 7.50. The molecule has 0 saturated heterocycles. The molecule has 0 saturated carbocycles. The summed E-state index contributed by atoms with van der Waals surface area (Å²) in [5.74, 6) is 0.827. The summed E-state index contributed by atoms with van der Waals surface area (Å²) in [5, 5.41) is 2.82. The molecule has 0 radical (unpaired) electrons. The number of methoxy groups -OCH3 is 1. The molecule has 2 amide bonds. The van der Waals surface area contributed by atoms with Crippen LogP contribution in [0.15, 0.2) is 24.3 Å². The Labute approximate surface area is 120 Å². The second kappa shape index (κ2) is 9.20. The molecule has 112 valence electrons. The van der Waals surface area contributed by atoms with Gasteiger partial charge in [-0.25, -0.2) is 4.79 Å². The van der Waals surface area contributed by atoms with E-state index in [1.807, 2.05) is 31.2 Å². The Morgan fingerprint density at radius 3 is 2.85 bits per heavy atom. The summed E-state index contributed by atoms with van der Waals surface area (Å²) in [6.45, 7) is 4.30. The molecule has 0 aromatic heterocycles.